The molecule has 0 radical (unpaired) electrons. The lowest BCUT2D eigenvalue weighted by atomic mass is 10.1. The van der Waals surface area contributed by atoms with Crippen LogP contribution in [0.25, 0.3) is 0 Å². The first-order chi connectivity index (χ1) is 6.97. The Bertz CT molecular complexity index is 427. The molecule has 0 bridgehead atoms. The van der Waals surface area contributed by atoms with Crippen molar-refractivity contribution in [3.8, 4) is 0 Å². The van der Waals surface area contributed by atoms with Crippen LogP contribution in [0.1, 0.15) is 19.3 Å². The van der Waals surface area contributed by atoms with E-state index in [0.29, 0.717) is 13.0 Å². The van der Waals surface area contributed by atoms with Gasteiger partial charge < -0.3 is 5.11 Å². The van der Waals surface area contributed by atoms with E-state index in [4.69, 9.17) is 5.11 Å². The number of hydrogen-bond donors (Lipinski definition) is 1. The molecule has 2 aliphatic carbocycles. The fourth-order valence-electron chi connectivity index (χ4n) is 2.54. The van der Waals surface area contributed by atoms with Crippen LogP contribution in [0.2, 0.25) is 0 Å². The third kappa shape index (κ3) is 1.18. The summed E-state index contributed by atoms with van der Waals surface area (Å²) in [4.78, 5) is 11.0. The predicted octanol–water partition coefficient (Wildman–Crippen LogP) is -0.115. The third-order valence-electron chi connectivity index (χ3n) is 3.85. The van der Waals surface area contributed by atoms with Gasteiger partial charge in [-0.1, -0.05) is 0 Å². The molecule has 84 valence electrons. The zero-order chi connectivity index (χ0) is 10.8. The van der Waals surface area contributed by atoms with Crippen LogP contribution < -0.4 is 0 Å². The monoisotopic (exact) mass is 231 g/mol. The fourth-order valence-corrected chi connectivity index (χ4v) is 4.49. The maximum absolute atomic E-state index is 11.9. The van der Waals surface area contributed by atoms with Crippen molar-refractivity contribution in [3.05, 3.63) is 0 Å². The highest BCUT2D eigenvalue weighted by molar-refractivity contribution is 7.90. The largest absolute Gasteiger partial charge is 0.481 e. The molecule has 0 aromatic heterocycles. The summed E-state index contributed by atoms with van der Waals surface area (Å²) in [6.07, 6.45) is 2.13. The lowest BCUT2D eigenvalue weighted by molar-refractivity contribution is -0.143. The zero-order valence-electron chi connectivity index (χ0n) is 8.22. The van der Waals surface area contributed by atoms with Gasteiger partial charge in [0.1, 0.15) is 0 Å². The molecule has 0 aromatic rings. The molecule has 6 heteroatoms. The van der Waals surface area contributed by atoms with Gasteiger partial charge in [0, 0.05) is 13.1 Å². The van der Waals surface area contributed by atoms with E-state index in [1.54, 1.807) is 0 Å². The van der Waals surface area contributed by atoms with Gasteiger partial charge >= 0.3 is 5.97 Å². The number of hydrogen-bond acceptors (Lipinski definition) is 3. The van der Waals surface area contributed by atoms with E-state index < -0.39 is 21.4 Å². The average molecular weight is 231 g/mol. The van der Waals surface area contributed by atoms with Crippen LogP contribution in [0.5, 0.6) is 0 Å². The summed E-state index contributed by atoms with van der Waals surface area (Å²) in [7, 11) is -3.17. The van der Waals surface area contributed by atoms with E-state index in [0.717, 1.165) is 12.8 Å². The average Bonchev–Trinajstić information content (AvgIpc) is 3.04. The number of carboxylic acids is 1. The Hall–Kier alpha value is -0.620. The second kappa shape index (κ2) is 2.55. The molecule has 3 rings (SSSR count). The van der Waals surface area contributed by atoms with Crippen LogP contribution in [0.3, 0.4) is 0 Å². The van der Waals surface area contributed by atoms with Crippen molar-refractivity contribution in [2.45, 2.75) is 24.5 Å². The highest BCUT2D eigenvalue weighted by atomic mass is 32.2. The lowest BCUT2D eigenvalue weighted by Crippen LogP contribution is -2.36. The molecule has 1 heterocycles. The fraction of sp³-hybridized carbons (Fsp3) is 0.889. The molecule has 0 spiro atoms. The van der Waals surface area contributed by atoms with Gasteiger partial charge in [0.25, 0.3) is 0 Å². The predicted molar refractivity (Wildman–Crippen MR) is 51.7 cm³/mol. The summed E-state index contributed by atoms with van der Waals surface area (Å²) in [5.41, 5.74) is -0.734. The smallest absolute Gasteiger partial charge is 0.311 e. The van der Waals surface area contributed by atoms with Crippen LogP contribution >= 0.6 is 0 Å². The number of piperidine rings is 1. The van der Waals surface area contributed by atoms with E-state index in [2.05, 4.69) is 0 Å². The Morgan fingerprint density at radius 2 is 2.07 bits per heavy atom. The molecule has 2 saturated carbocycles. The van der Waals surface area contributed by atoms with E-state index in [9.17, 15) is 13.2 Å². The molecule has 1 aliphatic heterocycles. The summed E-state index contributed by atoms with van der Waals surface area (Å²) in [5.74, 6) is -0.774. The normalized spacial score (nSPS) is 40.1. The van der Waals surface area contributed by atoms with Gasteiger partial charge in [-0.15, -0.1) is 0 Å². The molecule has 5 nitrogen and oxygen atoms in total. The van der Waals surface area contributed by atoms with Crippen LogP contribution in [-0.4, -0.2) is 42.1 Å². The number of rotatable bonds is 3. The number of carbonyl (C=O) groups is 1. The summed E-state index contributed by atoms with van der Waals surface area (Å²) in [6.45, 7) is 0.622. The first kappa shape index (κ1) is 9.59. The van der Waals surface area contributed by atoms with Crippen molar-refractivity contribution >= 4 is 16.0 Å². The van der Waals surface area contributed by atoms with E-state index in [1.165, 1.54) is 4.31 Å². The van der Waals surface area contributed by atoms with Gasteiger partial charge in [-0.25, -0.2) is 12.7 Å². The van der Waals surface area contributed by atoms with Gasteiger partial charge in [-0.05, 0) is 25.2 Å². The minimum absolute atomic E-state index is 0.0588. The number of sulfonamides is 1. The van der Waals surface area contributed by atoms with Crippen molar-refractivity contribution in [3.63, 3.8) is 0 Å². The molecule has 2 unspecified atom stereocenters. The second-order valence-corrected chi connectivity index (χ2v) is 7.11. The van der Waals surface area contributed by atoms with Crippen LogP contribution in [0.15, 0.2) is 0 Å². The topological polar surface area (TPSA) is 74.7 Å². The number of aliphatic carboxylic acids is 1. The van der Waals surface area contributed by atoms with Gasteiger partial charge in [-0.2, -0.15) is 0 Å². The van der Waals surface area contributed by atoms with E-state index >= 15 is 0 Å². The summed E-state index contributed by atoms with van der Waals surface area (Å²) >= 11 is 0. The van der Waals surface area contributed by atoms with Crippen molar-refractivity contribution < 1.29 is 18.3 Å². The molecular formula is C9H13NO4S. The molecule has 0 aromatic carbocycles. The summed E-state index contributed by atoms with van der Waals surface area (Å²) in [5, 5.41) is 8.81. The zero-order valence-corrected chi connectivity index (χ0v) is 9.03. The highest BCUT2D eigenvalue weighted by Gasteiger charge is 2.67. The van der Waals surface area contributed by atoms with E-state index in [1.807, 2.05) is 0 Å². The van der Waals surface area contributed by atoms with Crippen LogP contribution in [-0.2, 0) is 14.8 Å². The first-order valence-corrected chi connectivity index (χ1v) is 6.69. The molecule has 1 saturated heterocycles. The number of fused-ring (bicyclic) bond motifs is 1. The first-order valence-electron chi connectivity index (χ1n) is 5.19. The Labute approximate surface area is 88.1 Å². The molecular weight excluding hydrogens is 218 g/mol. The van der Waals surface area contributed by atoms with Gasteiger partial charge in [0.15, 0.2) is 0 Å². The number of nitrogens with zero attached hydrogens (tertiary/aromatic N) is 1. The summed E-state index contributed by atoms with van der Waals surface area (Å²) in [6, 6.07) is 0. The van der Waals surface area contributed by atoms with Crippen molar-refractivity contribution in [2.75, 3.05) is 13.1 Å². The SMILES string of the molecule is O=C(O)C12CC1CN(S(=O)(=O)C1CC1)C2. The molecule has 3 aliphatic rings. The maximum atomic E-state index is 11.9. The molecule has 3 fully saturated rings. The number of carboxylic acid groups (broad SMARTS) is 1. The van der Waals surface area contributed by atoms with E-state index in [-0.39, 0.29) is 17.7 Å². The van der Waals surface area contributed by atoms with Crippen molar-refractivity contribution in [1.82, 2.24) is 4.31 Å². The molecule has 1 N–H and O–H groups in total. The molecule has 0 amide bonds. The quantitative estimate of drug-likeness (QED) is 0.735. The van der Waals surface area contributed by atoms with Crippen LogP contribution in [0, 0.1) is 11.3 Å². The van der Waals surface area contributed by atoms with Crippen LogP contribution in [0.4, 0.5) is 0 Å². The molecule has 15 heavy (non-hydrogen) atoms. The Morgan fingerprint density at radius 1 is 1.40 bits per heavy atom. The van der Waals surface area contributed by atoms with Gasteiger partial charge in [0.2, 0.25) is 10.0 Å². The Balaban J connectivity index is 1.81. The van der Waals surface area contributed by atoms with Gasteiger partial charge in [-0.3, -0.25) is 4.79 Å². The maximum Gasteiger partial charge on any atom is 0.311 e. The Kier molecular flexibility index (Phi) is 1.63. The standard InChI is InChI=1S/C9H13NO4S/c11-8(12)9-3-6(9)4-10(5-9)15(13,14)7-1-2-7/h6-7H,1-5H2,(H,11,12). The molecule has 2 atom stereocenters. The highest BCUT2D eigenvalue weighted by Crippen LogP contribution is 2.59. The Morgan fingerprint density at radius 3 is 2.53 bits per heavy atom. The second-order valence-electron chi connectivity index (χ2n) is 4.90. The summed E-state index contributed by atoms with van der Waals surface area (Å²) < 4.78 is 25.1. The van der Waals surface area contributed by atoms with Crippen molar-refractivity contribution in [1.29, 1.82) is 0 Å². The van der Waals surface area contributed by atoms with Gasteiger partial charge in [0.05, 0.1) is 10.7 Å². The van der Waals surface area contributed by atoms with Crippen molar-refractivity contribution in [2.24, 2.45) is 11.3 Å². The third-order valence-corrected chi connectivity index (χ3v) is 6.16. The minimum Gasteiger partial charge on any atom is -0.481 e. The minimum atomic E-state index is -3.17. The lowest BCUT2D eigenvalue weighted by Gasteiger charge is -2.18.